The molecule has 0 fully saturated rings. The number of fused-ring (bicyclic) bond motifs is 7. The molecule has 0 bridgehead atoms. The second kappa shape index (κ2) is 12.2. The van der Waals surface area contributed by atoms with Crippen molar-refractivity contribution in [1.82, 2.24) is 4.57 Å². The van der Waals surface area contributed by atoms with Crippen LogP contribution >= 0.6 is 0 Å². The van der Waals surface area contributed by atoms with Gasteiger partial charge in [0.05, 0.1) is 11.0 Å². The fraction of sp³-hybridized carbons (Fsp3) is 0. The lowest BCUT2D eigenvalue weighted by atomic mass is 10.00. The maximum Gasteiger partial charge on any atom is 0.0561 e. The van der Waals surface area contributed by atoms with Gasteiger partial charge in [-0.1, -0.05) is 146 Å². The summed E-state index contributed by atoms with van der Waals surface area (Å²) in [6.45, 7) is 0. The Morgan fingerprint density at radius 1 is 0.278 bits per heavy atom. The van der Waals surface area contributed by atoms with Gasteiger partial charge in [-0.15, -0.1) is 0 Å². The maximum absolute atomic E-state index is 2.46. The molecule has 11 rings (SSSR count). The van der Waals surface area contributed by atoms with Crippen molar-refractivity contribution in [3.8, 4) is 16.8 Å². The van der Waals surface area contributed by atoms with Crippen LogP contribution in [-0.2, 0) is 0 Å². The number of anilines is 3. The number of aromatic nitrogens is 1. The zero-order valence-electron chi connectivity index (χ0n) is 29.5. The molecule has 1 heterocycles. The molecule has 0 aliphatic rings. The molecule has 11 aromatic rings. The number of benzene rings is 10. The van der Waals surface area contributed by atoms with E-state index in [1.165, 1.54) is 76.0 Å². The monoisotopic (exact) mass is 686 g/mol. The molecule has 0 saturated carbocycles. The third-order valence-corrected chi connectivity index (χ3v) is 11.1. The average molecular weight is 687 g/mol. The highest BCUT2D eigenvalue weighted by atomic mass is 15.1. The topological polar surface area (TPSA) is 8.17 Å². The third kappa shape index (κ3) is 5.03. The molecular weight excluding hydrogens is 653 g/mol. The van der Waals surface area contributed by atoms with Crippen LogP contribution in [-0.4, -0.2) is 4.57 Å². The molecule has 252 valence electrons. The zero-order valence-corrected chi connectivity index (χ0v) is 29.5. The SMILES string of the molecule is c1ccc2cc(-c3ccc4c5ccc(N(c6ccc7ccccc7c6)c6ccc7ccccc7c6)cc5n(-c5ccc6ccccc6c5)c4c3)ccc2c1. The number of hydrogen-bond acceptors (Lipinski definition) is 1. The molecule has 0 N–H and O–H groups in total. The fourth-order valence-corrected chi connectivity index (χ4v) is 8.37. The van der Waals surface area contributed by atoms with Gasteiger partial charge in [0.1, 0.15) is 0 Å². The Morgan fingerprint density at radius 2 is 0.667 bits per heavy atom. The van der Waals surface area contributed by atoms with Gasteiger partial charge in [-0.05, 0) is 115 Å². The van der Waals surface area contributed by atoms with Crippen LogP contribution in [0.1, 0.15) is 0 Å². The first-order valence-corrected chi connectivity index (χ1v) is 18.6. The van der Waals surface area contributed by atoms with Gasteiger partial charge in [0, 0.05) is 33.5 Å². The van der Waals surface area contributed by atoms with Crippen LogP contribution in [0.3, 0.4) is 0 Å². The van der Waals surface area contributed by atoms with Crippen LogP contribution in [0, 0.1) is 0 Å². The molecule has 1 aromatic heterocycles. The Morgan fingerprint density at radius 3 is 1.26 bits per heavy atom. The van der Waals surface area contributed by atoms with E-state index in [2.05, 4.69) is 216 Å². The van der Waals surface area contributed by atoms with E-state index in [0.29, 0.717) is 0 Å². The quantitative estimate of drug-likeness (QED) is 0.175. The summed E-state index contributed by atoms with van der Waals surface area (Å²) in [5, 5.41) is 12.3. The van der Waals surface area contributed by atoms with Crippen molar-refractivity contribution in [1.29, 1.82) is 0 Å². The lowest BCUT2D eigenvalue weighted by molar-refractivity contribution is 1.18. The van der Waals surface area contributed by atoms with Gasteiger partial charge < -0.3 is 9.47 Å². The molecule has 0 aliphatic heterocycles. The minimum Gasteiger partial charge on any atom is -0.310 e. The first kappa shape index (κ1) is 30.5. The molecule has 0 aliphatic carbocycles. The van der Waals surface area contributed by atoms with Crippen molar-refractivity contribution in [2.24, 2.45) is 0 Å². The Labute approximate surface area is 313 Å². The summed E-state index contributed by atoms with van der Waals surface area (Å²) in [6, 6.07) is 75.6. The molecule has 0 atom stereocenters. The molecule has 0 radical (unpaired) electrons. The fourth-order valence-electron chi connectivity index (χ4n) is 8.37. The van der Waals surface area contributed by atoms with Gasteiger partial charge in [0.25, 0.3) is 0 Å². The summed E-state index contributed by atoms with van der Waals surface area (Å²) in [5.41, 5.74) is 9.26. The van der Waals surface area contributed by atoms with E-state index in [9.17, 15) is 0 Å². The van der Waals surface area contributed by atoms with Crippen LogP contribution in [0.2, 0.25) is 0 Å². The van der Waals surface area contributed by atoms with Crippen LogP contribution in [0.4, 0.5) is 17.1 Å². The van der Waals surface area contributed by atoms with E-state index in [1.54, 1.807) is 0 Å². The van der Waals surface area contributed by atoms with E-state index in [4.69, 9.17) is 0 Å². The largest absolute Gasteiger partial charge is 0.310 e. The highest BCUT2D eigenvalue weighted by Gasteiger charge is 2.19. The van der Waals surface area contributed by atoms with Crippen LogP contribution in [0.5, 0.6) is 0 Å². The van der Waals surface area contributed by atoms with Gasteiger partial charge in [-0.25, -0.2) is 0 Å². The van der Waals surface area contributed by atoms with E-state index in [1.807, 2.05) is 0 Å². The standard InChI is InChI=1S/C52H34N2/c1-5-13-39-29-43(18-17-35(39)9-1)44-22-27-49-50-28-26-48(34-52(50)54(51(49)33-44)47-25-21-38-12-4-8-16-42(38)32-47)53(45-23-19-36-10-2-6-14-40(36)30-45)46-24-20-37-11-3-7-15-41(37)31-46/h1-34H. The Kier molecular flexibility index (Phi) is 6.90. The van der Waals surface area contributed by atoms with E-state index in [-0.39, 0.29) is 0 Å². The minimum atomic E-state index is 1.10. The maximum atomic E-state index is 2.46. The third-order valence-electron chi connectivity index (χ3n) is 11.1. The molecule has 2 nitrogen and oxygen atoms in total. The lowest BCUT2D eigenvalue weighted by Crippen LogP contribution is -2.10. The van der Waals surface area contributed by atoms with E-state index >= 15 is 0 Å². The van der Waals surface area contributed by atoms with E-state index in [0.717, 1.165) is 22.7 Å². The summed E-state index contributed by atoms with van der Waals surface area (Å²) in [7, 11) is 0. The number of nitrogens with zero attached hydrogens (tertiary/aromatic N) is 2. The van der Waals surface area contributed by atoms with E-state index < -0.39 is 0 Å². The second-order valence-corrected chi connectivity index (χ2v) is 14.3. The summed E-state index contributed by atoms with van der Waals surface area (Å²) in [4.78, 5) is 2.40. The number of rotatable bonds is 5. The molecule has 0 unspecified atom stereocenters. The van der Waals surface area contributed by atoms with Gasteiger partial charge >= 0.3 is 0 Å². The first-order valence-electron chi connectivity index (χ1n) is 18.6. The highest BCUT2D eigenvalue weighted by Crippen LogP contribution is 2.42. The normalized spacial score (nSPS) is 11.7. The summed E-state index contributed by atoms with van der Waals surface area (Å²) < 4.78 is 2.46. The van der Waals surface area contributed by atoms with Gasteiger partial charge in [0.15, 0.2) is 0 Å². The Hall–Kier alpha value is -7.16. The summed E-state index contributed by atoms with van der Waals surface area (Å²) in [6.07, 6.45) is 0. The Balaban J connectivity index is 1.17. The predicted molar refractivity (Wildman–Crippen MR) is 231 cm³/mol. The predicted octanol–water partition coefficient (Wildman–Crippen LogP) is 14.5. The molecule has 0 amide bonds. The number of hydrogen-bond donors (Lipinski definition) is 0. The average Bonchev–Trinajstić information content (AvgIpc) is 3.56. The van der Waals surface area contributed by atoms with Gasteiger partial charge in [0.2, 0.25) is 0 Å². The molecule has 10 aromatic carbocycles. The summed E-state index contributed by atoms with van der Waals surface area (Å²) in [5.74, 6) is 0. The van der Waals surface area contributed by atoms with Crippen molar-refractivity contribution >= 4 is 82.0 Å². The van der Waals surface area contributed by atoms with Crippen LogP contribution < -0.4 is 4.90 Å². The second-order valence-electron chi connectivity index (χ2n) is 14.3. The zero-order chi connectivity index (χ0) is 35.6. The lowest BCUT2D eigenvalue weighted by Gasteiger charge is -2.26. The first-order chi connectivity index (χ1) is 26.7. The molecule has 54 heavy (non-hydrogen) atoms. The van der Waals surface area contributed by atoms with Gasteiger partial charge in [-0.2, -0.15) is 0 Å². The summed E-state index contributed by atoms with van der Waals surface area (Å²) >= 11 is 0. The Bertz CT molecular complexity index is 3160. The van der Waals surface area contributed by atoms with Crippen LogP contribution in [0.15, 0.2) is 206 Å². The minimum absolute atomic E-state index is 1.10. The smallest absolute Gasteiger partial charge is 0.0561 e. The van der Waals surface area contributed by atoms with Crippen LogP contribution in [0.25, 0.3) is 81.7 Å². The highest BCUT2D eigenvalue weighted by molar-refractivity contribution is 6.12. The molecule has 0 spiro atoms. The van der Waals surface area contributed by atoms with Crippen molar-refractivity contribution in [3.63, 3.8) is 0 Å². The van der Waals surface area contributed by atoms with Crippen molar-refractivity contribution in [2.45, 2.75) is 0 Å². The molecule has 2 heteroatoms. The molecule has 0 saturated heterocycles. The van der Waals surface area contributed by atoms with Gasteiger partial charge in [-0.3, -0.25) is 0 Å². The van der Waals surface area contributed by atoms with Crippen molar-refractivity contribution in [2.75, 3.05) is 4.90 Å². The van der Waals surface area contributed by atoms with Crippen molar-refractivity contribution < 1.29 is 0 Å². The molecular formula is C52H34N2. The van der Waals surface area contributed by atoms with Crippen molar-refractivity contribution in [3.05, 3.63) is 206 Å².